The van der Waals surface area contributed by atoms with Crippen molar-refractivity contribution < 1.29 is 9.90 Å². The molecule has 1 fully saturated rings. The second kappa shape index (κ2) is 5.17. The monoisotopic (exact) mass is 253 g/mol. The van der Waals surface area contributed by atoms with E-state index in [1.807, 2.05) is 13.1 Å². The smallest absolute Gasteiger partial charge is 0.309 e. The highest BCUT2D eigenvalue weighted by molar-refractivity contribution is 7.11. The molecule has 0 amide bonds. The third-order valence-corrected chi connectivity index (χ3v) is 4.61. The van der Waals surface area contributed by atoms with E-state index in [-0.39, 0.29) is 0 Å². The van der Waals surface area contributed by atoms with Crippen LogP contribution in [0.2, 0.25) is 0 Å². The Bertz CT molecular complexity index is 392. The summed E-state index contributed by atoms with van der Waals surface area (Å²) in [4.78, 5) is 17.0. The van der Waals surface area contributed by atoms with E-state index in [2.05, 4.69) is 4.98 Å². The van der Waals surface area contributed by atoms with Crippen LogP contribution >= 0.6 is 11.3 Å². The molecular formula is C13H19NO2S. The minimum absolute atomic E-state index is 0.532. The first kappa shape index (κ1) is 12.6. The van der Waals surface area contributed by atoms with Crippen molar-refractivity contribution in [2.24, 2.45) is 5.41 Å². The molecule has 0 unspecified atom stereocenters. The zero-order chi connectivity index (χ0) is 12.3. The Morgan fingerprint density at radius 2 is 2.06 bits per heavy atom. The molecule has 1 aliphatic rings. The molecule has 2 rings (SSSR count). The van der Waals surface area contributed by atoms with E-state index in [0.29, 0.717) is 6.42 Å². The maximum absolute atomic E-state index is 11.6. The Morgan fingerprint density at radius 3 is 2.53 bits per heavy atom. The molecule has 17 heavy (non-hydrogen) atoms. The Hall–Kier alpha value is -0.900. The summed E-state index contributed by atoms with van der Waals surface area (Å²) < 4.78 is 0. The highest BCUT2D eigenvalue weighted by atomic mass is 32.1. The van der Waals surface area contributed by atoms with E-state index >= 15 is 0 Å². The number of hydrogen-bond acceptors (Lipinski definition) is 3. The van der Waals surface area contributed by atoms with Gasteiger partial charge in [0.1, 0.15) is 0 Å². The van der Waals surface area contributed by atoms with Gasteiger partial charge in [0.25, 0.3) is 0 Å². The predicted octanol–water partition coefficient (Wildman–Crippen LogP) is 3.42. The van der Waals surface area contributed by atoms with Crippen LogP contribution in [-0.4, -0.2) is 16.1 Å². The van der Waals surface area contributed by atoms with Gasteiger partial charge in [-0.25, -0.2) is 4.98 Å². The second-order valence-corrected chi connectivity index (χ2v) is 6.34. The van der Waals surface area contributed by atoms with Crippen molar-refractivity contribution in [2.45, 2.75) is 51.9 Å². The predicted molar refractivity (Wildman–Crippen MR) is 68.3 cm³/mol. The van der Waals surface area contributed by atoms with Crippen molar-refractivity contribution in [3.8, 4) is 0 Å². The van der Waals surface area contributed by atoms with Gasteiger partial charge in [0.05, 0.1) is 10.4 Å². The molecule has 0 spiro atoms. The van der Waals surface area contributed by atoms with E-state index in [9.17, 15) is 9.90 Å². The summed E-state index contributed by atoms with van der Waals surface area (Å²) in [7, 11) is 0. The minimum atomic E-state index is -0.620. The summed E-state index contributed by atoms with van der Waals surface area (Å²) >= 11 is 1.63. The summed E-state index contributed by atoms with van der Waals surface area (Å²) in [5, 5.41) is 10.6. The normalized spacial score (nSPS) is 19.8. The highest BCUT2D eigenvalue weighted by Crippen LogP contribution is 2.39. The number of rotatable bonds is 3. The lowest BCUT2D eigenvalue weighted by molar-refractivity contribution is -0.149. The summed E-state index contributed by atoms with van der Waals surface area (Å²) in [5.74, 6) is -0.620. The van der Waals surface area contributed by atoms with E-state index in [1.165, 1.54) is 12.8 Å². The third-order valence-electron chi connectivity index (χ3n) is 3.70. The van der Waals surface area contributed by atoms with Gasteiger partial charge in [0, 0.05) is 11.1 Å². The van der Waals surface area contributed by atoms with E-state index in [1.54, 1.807) is 11.3 Å². The maximum Gasteiger partial charge on any atom is 0.309 e. The fourth-order valence-electron chi connectivity index (χ4n) is 2.69. The van der Waals surface area contributed by atoms with Crippen LogP contribution < -0.4 is 0 Å². The summed E-state index contributed by atoms with van der Waals surface area (Å²) in [6.07, 6.45) is 8.59. The van der Waals surface area contributed by atoms with Crippen LogP contribution in [0.4, 0.5) is 0 Å². The lowest BCUT2D eigenvalue weighted by Gasteiger charge is -2.27. The zero-order valence-corrected chi connectivity index (χ0v) is 11.1. The van der Waals surface area contributed by atoms with Crippen LogP contribution in [0.5, 0.6) is 0 Å². The molecule has 0 radical (unpaired) electrons. The number of aromatic nitrogens is 1. The molecule has 0 bridgehead atoms. The Labute approximate surface area is 106 Å². The van der Waals surface area contributed by atoms with Crippen LogP contribution in [0.25, 0.3) is 0 Å². The molecule has 1 N–H and O–H groups in total. The summed E-state index contributed by atoms with van der Waals surface area (Å²) in [6.45, 7) is 1.97. The number of carboxylic acids is 1. The van der Waals surface area contributed by atoms with Gasteiger partial charge in [0.15, 0.2) is 0 Å². The number of hydrogen-bond donors (Lipinski definition) is 1. The number of aryl methyl sites for hydroxylation is 1. The molecule has 0 aromatic carbocycles. The Balaban J connectivity index is 2.18. The molecule has 0 aliphatic heterocycles. The molecular weight excluding hydrogens is 234 g/mol. The van der Waals surface area contributed by atoms with Gasteiger partial charge in [-0.2, -0.15) is 0 Å². The quantitative estimate of drug-likeness (QED) is 0.840. The standard InChI is InChI=1S/C13H19NO2S/c1-10-14-9-11(17-10)8-13(12(15)16)6-4-2-3-5-7-13/h9H,2-8H2,1H3,(H,15,16). The molecule has 1 aromatic heterocycles. The average molecular weight is 253 g/mol. The van der Waals surface area contributed by atoms with Crippen LogP contribution in [-0.2, 0) is 11.2 Å². The second-order valence-electron chi connectivity index (χ2n) is 5.02. The van der Waals surface area contributed by atoms with Crippen LogP contribution in [0.3, 0.4) is 0 Å². The number of aliphatic carboxylic acids is 1. The van der Waals surface area contributed by atoms with Crippen LogP contribution in [0.1, 0.15) is 48.4 Å². The molecule has 1 saturated carbocycles. The van der Waals surface area contributed by atoms with Crippen molar-refractivity contribution in [3.05, 3.63) is 16.1 Å². The van der Waals surface area contributed by atoms with Gasteiger partial charge in [-0.15, -0.1) is 11.3 Å². The van der Waals surface area contributed by atoms with Crippen LogP contribution in [0.15, 0.2) is 6.20 Å². The number of nitrogens with zero attached hydrogens (tertiary/aromatic N) is 1. The number of carboxylic acid groups (broad SMARTS) is 1. The van der Waals surface area contributed by atoms with Gasteiger partial charge >= 0.3 is 5.97 Å². The van der Waals surface area contributed by atoms with Gasteiger partial charge < -0.3 is 5.11 Å². The van der Waals surface area contributed by atoms with Gasteiger partial charge in [0.2, 0.25) is 0 Å². The van der Waals surface area contributed by atoms with Gasteiger partial charge in [-0.1, -0.05) is 25.7 Å². The lowest BCUT2D eigenvalue weighted by Crippen LogP contribution is -2.32. The van der Waals surface area contributed by atoms with Crippen molar-refractivity contribution >= 4 is 17.3 Å². The topological polar surface area (TPSA) is 50.2 Å². The molecule has 1 heterocycles. The highest BCUT2D eigenvalue weighted by Gasteiger charge is 2.39. The van der Waals surface area contributed by atoms with E-state index < -0.39 is 11.4 Å². The molecule has 94 valence electrons. The molecule has 0 saturated heterocycles. The van der Waals surface area contributed by atoms with Crippen molar-refractivity contribution in [1.82, 2.24) is 4.98 Å². The molecule has 1 aliphatic carbocycles. The maximum atomic E-state index is 11.6. The summed E-state index contributed by atoms with van der Waals surface area (Å²) in [6, 6.07) is 0. The fourth-order valence-corrected chi connectivity index (χ4v) is 3.63. The van der Waals surface area contributed by atoms with E-state index in [0.717, 1.165) is 35.6 Å². The number of thiazole rings is 1. The first-order valence-electron chi connectivity index (χ1n) is 6.27. The molecule has 1 aromatic rings. The van der Waals surface area contributed by atoms with E-state index in [4.69, 9.17) is 0 Å². The minimum Gasteiger partial charge on any atom is -0.481 e. The molecule has 4 heteroatoms. The van der Waals surface area contributed by atoms with Crippen molar-refractivity contribution in [3.63, 3.8) is 0 Å². The van der Waals surface area contributed by atoms with Crippen molar-refractivity contribution in [1.29, 1.82) is 0 Å². The fraction of sp³-hybridized carbons (Fsp3) is 0.692. The molecule has 0 atom stereocenters. The SMILES string of the molecule is Cc1ncc(CC2(C(=O)O)CCCCCC2)s1. The Morgan fingerprint density at radius 1 is 1.41 bits per heavy atom. The van der Waals surface area contributed by atoms with Gasteiger partial charge in [-0.3, -0.25) is 4.79 Å². The first-order chi connectivity index (χ1) is 8.12. The van der Waals surface area contributed by atoms with Crippen LogP contribution in [0, 0.1) is 12.3 Å². The Kier molecular flexibility index (Phi) is 3.82. The third kappa shape index (κ3) is 2.86. The average Bonchev–Trinajstić information content (AvgIpc) is 2.54. The summed E-state index contributed by atoms with van der Waals surface area (Å²) in [5.41, 5.74) is -0.532. The lowest BCUT2D eigenvalue weighted by atomic mass is 9.77. The largest absolute Gasteiger partial charge is 0.481 e. The zero-order valence-electron chi connectivity index (χ0n) is 10.2. The number of carbonyl (C=O) groups is 1. The first-order valence-corrected chi connectivity index (χ1v) is 7.09. The van der Waals surface area contributed by atoms with Crippen molar-refractivity contribution in [2.75, 3.05) is 0 Å². The molecule has 3 nitrogen and oxygen atoms in total. The van der Waals surface area contributed by atoms with Gasteiger partial charge in [-0.05, 0) is 26.2 Å².